The summed E-state index contributed by atoms with van der Waals surface area (Å²) in [5.41, 5.74) is 1.02. The number of oxazole rings is 1. The van der Waals surface area contributed by atoms with Crippen molar-refractivity contribution in [3.63, 3.8) is 0 Å². The monoisotopic (exact) mass is 211 g/mol. The molecule has 0 radical (unpaired) electrons. The third kappa shape index (κ3) is 1.55. The summed E-state index contributed by atoms with van der Waals surface area (Å²) in [6.45, 7) is 3.76. The van der Waals surface area contributed by atoms with Gasteiger partial charge in [-0.15, -0.1) is 11.6 Å². The number of rotatable bonds is 2. The molecular formula is C10H10ClNO2. The molecule has 0 bridgehead atoms. The molecule has 0 saturated heterocycles. The van der Waals surface area contributed by atoms with E-state index in [-0.39, 0.29) is 5.38 Å². The van der Waals surface area contributed by atoms with Crippen LogP contribution < -0.4 is 0 Å². The molecule has 1 unspecified atom stereocenters. The lowest BCUT2D eigenvalue weighted by molar-refractivity contribution is 0.482. The maximum absolute atomic E-state index is 5.83. The van der Waals surface area contributed by atoms with Crippen molar-refractivity contribution in [1.82, 2.24) is 4.98 Å². The molecule has 0 aliphatic rings. The minimum Gasteiger partial charge on any atom is -0.461 e. The molecule has 4 heteroatoms. The highest BCUT2D eigenvalue weighted by atomic mass is 35.5. The van der Waals surface area contributed by atoms with Crippen LogP contribution >= 0.6 is 11.6 Å². The number of nitrogens with zero attached hydrogens (tertiary/aromatic N) is 1. The van der Waals surface area contributed by atoms with E-state index in [1.807, 2.05) is 19.9 Å². The summed E-state index contributed by atoms with van der Waals surface area (Å²) in [5.74, 6) is 1.84. The Morgan fingerprint density at radius 3 is 2.79 bits per heavy atom. The molecule has 1 atom stereocenters. The van der Waals surface area contributed by atoms with Crippen molar-refractivity contribution in [3.8, 4) is 11.5 Å². The molecule has 0 aliphatic carbocycles. The van der Waals surface area contributed by atoms with Gasteiger partial charge in [0.2, 0.25) is 5.89 Å². The van der Waals surface area contributed by atoms with Crippen molar-refractivity contribution >= 4 is 11.6 Å². The average molecular weight is 212 g/mol. The molecule has 0 saturated carbocycles. The van der Waals surface area contributed by atoms with Gasteiger partial charge in [0.25, 0.3) is 0 Å². The van der Waals surface area contributed by atoms with Gasteiger partial charge in [0.05, 0.1) is 12.5 Å². The number of aromatic nitrogens is 1. The van der Waals surface area contributed by atoms with Crippen LogP contribution in [0.15, 0.2) is 27.4 Å². The minimum atomic E-state index is -0.223. The predicted octanol–water partition coefficient (Wildman–Crippen LogP) is 3.54. The third-order valence-electron chi connectivity index (χ3n) is 1.95. The van der Waals surface area contributed by atoms with Crippen LogP contribution in [0.4, 0.5) is 0 Å². The molecule has 3 nitrogen and oxygen atoms in total. The first-order chi connectivity index (χ1) is 6.68. The van der Waals surface area contributed by atoms with Gasteiger partial charge in [-0.3, -0.25) is 0 Å². The fourth-order valence-corrected chi connectivity index (χ4v) is 1.30. The average Bonchev–Trinajstić information content (AvgIpc) is 2.71. The lowest BCUT2D eigenvalue weighted by atomic mass is 10.2. The van der Waals surface area contributed by atoms with Crippen molar-refractivity contribution in [3.05, 3.63) is 30.0 Å². The Balaban J connectivity index is 2.39. The van der Waals surface area contributed by atoms with E-state index in [0.29, 0.717) is 17.4 Å². The number of aryl methyl sites for hydroxylation is 1. The molecule has 0 aliphatic heterocycles. The van der Waals surface area contributed by atoms with E-state index in [1.165, 1.54) is 0 Å². The summed E-state index contributed by atoms with van der Waals surface area (Å²) in [5, 5.41) is -0.223. The lowest BCUT2D eigenvalue weighted by Gasteiger charge is -1.94. The van der Waals surface area contributed by atoms with Gasteiger partial charge in [0, 0.05) is 0 Å². The number of furan rings is 1. The molecule has 2 aromatic rings. The van der Waals surface area contributed by atoms with E-state index in [1.54, 1.807) is 12.5 Å². The lowest BCUT2D eigenvalue weighted by Crippen LogP contribution is -1.80. The quantitative estimate of drug-likeness (QED) is 0.714. The first-order valence-corrected chi connectivity index (χ1v) is 4.76. The zero-order chi connectivity index (χ0) is 10.1. The van der Waals surface area contributed by atoms with Crippen molar-refractivity contribution in [1.29, 1.82) is 0 Å². The highest BCUT2D eigenvalue weighted by Crippen LogP contribution is 2.28. The van der Waals surface area contributed by atoms with E-state index < -0.39 is 0 Å². The highest BCUT2D eigenvalue weighted by Gasteiger charge is 2.14. The first kappa shape index (κ1) is 9.34. The molecule has 0 N–H and O–H groups in total. The second-order valence-electron chi connectivity index (χ2n) is 3.11. The van der Waals surface area contributed by atoms with Crippen molar-refractivity contribution < 1.29 is 8.83 Å². The fraction of sp³-hybridized carbons (Fsp3) is 0.300. The molecule has 2 rings (SSSR count). The van der Waals surface area contributed by atoms with Crippen molar-refractivity contribution in [2.45, 2.75) is 19.2 Å². The van der Waals surface area contributed by atoms with Crippen molar-refractivity contribution in [2.24, 2.45) is 0 Å². The van der Waals surface area contributed by atoms with E-state index >= 15 is 0 Å². The van der Waals surface area contributed by atoms with E-state index in [9.17, 15) is 0 Å². The van der Waals surface area contributed by atoms with Crippen LogP contribution in [0, 0.1) is 6.92 Å². The van der Waals surface area contributed by atoms with Crippen LogP contribution in [-0.4, -0.2) is 4.98 Å². The maximum Gasteiger partial charge on any atom is 0.212 e. The van der Waals surface area contributed by atoms with Crippen LogP contribution in [0.2, 0.25) is 0 Å². The first-order valence-electron chi connectivity index (χ1n) is 4.32. The molecule has 0 aromatic carbocycles. The highest BCUT2D eigenvalue weighted by molar-refractivity contribution is 6.20. The Morgan fingerprint density at radius 2 is 2.29 bits per heavy atom. The van der Waals surface area contributed by atoms with E-state index in [4.69, 9.17) is 20.4 Å². The largest absolute Gasteiger partial charge is 0.461 e. The number of hydrogen-bond acceptors (Lipinski definition) is 3. The van der Waals surface area contributed by atoms with Gasteiger partial charge in [-0.2, -0.15) is 0 Å². The smallest absolute Gasteiger partial charge is 0.212 e. The van der Waals surface area contributed by atoms with Gasteiger partial charge in [-0.1, -0.05) is 0 Å². The Kier molecular flexibility index (Phi) is 2.33. The van der Waals surface area contributed by atoms with E-state index in [0.717, 1.165) is 5.56 Å². The maximum atomic E-state index is 5.83. The Bertz CT molecular complexity index is 431. The Labute approximate surface area is 86.7 Å². The molecule has 0 amide bonds. The molecular weight excluding hydrogens is 202 g/mol. The zero-order valence-electron chi connectivity index (χ0n) is 7.95. The summed E-state index contributed by atoms with van der Waals surface area (Å²) in [4.78, 5) is 4.05. The molecule has 0 spiro atoms. The normalized spacial score (nSPS) is 13.1. The minimum absolute atomic E-state index is 0.223. The third-order valence-corrected chi connectivity index (χ3v) is 2.14. The van der Waals surface area contributed by atoms with Gasteiger partial charge >= 0.3 is 0 Å². The fourth-order valence-electron chi connectivity index (χ4n) is 1.20. The summed E-state index contributed by atoms with van der Waals surface area (Å²) < 4.78 is 10.7. The number of alkyl halides is 1. The van der Waals surface area contributed by atoms with Crippen LogP contribution in [0.5, 0.6) is 0 Å². The molecule has 2 heterocycles. The number of hydrogen-bond donors (Lipinski definition) is 0. The van der Waals surface area contributed by atoms with Gasteiger partial charge in [0.15, 0.2) is 11.5 Å². The molecule has 14 heavy (non-hydrogen) atoms. The van der Waals surface area contributed by atoms with Crippen LogP contribution in [0.1, 0.15) is 23.8 Å². The second-order valence-corrected chi connectivity index (χ2v) is 3.77. The van der Waals surface area contributed by atoms with Crippen molar-refractivity contribution in [2.75, 3.05) is 0 Å². The summed E-state index contributed by atoms with van der Waals surface area (Å²) in [7, 11) is 0. The van der Waals surface area contributed by atoms with Gasteiger partial charge in [-0.05, 0) is 25.5 Å². The molecule has 2 aromatic heterocycles. The van der Waals surface area contributed by atoms with E-state index in [2.05, 4.69) is 4.98 Å². The molecule has 0 fully saturated rings. The SMILES string of the molecule is Cc1ccoc1-c1cnc(C(C)Cl)o1. The number of halogens is 1. The van der Waals surface area contributed by atoms with Crippen LogP contribution in [0.3, 0.4) is 0 Å². The Hall–Kier alpha value is -1.22. The Morgan fingerprint density at radius 1 is 1.50 bits per heavy atom. The van der Waals surface area contributed by atoms with Gasteiger partial charge in [-0.25, -0.2) is 4.98 Å². The summed E-state index contributed by atoms with van der Waals surface area (Å²) in [6.07, 6.45) is 3.25. The van der Waals surface area contributed by atoms with Gasteiger partial charge in [0.1, 0.15) is 5.38 Å². The predicted molar refractivity (Wildman–Crippen MR) is 53.2 cm³/mol. The summed E-state index contributed by atoms with van der Waals surface area (Å²) in [6, 6.07) is 1.88. The second kappa shape index (κ2) is 3.50. The van der Waals surface area contributed by atoms with Gasteiger partial charge < -0.3 is 8.83 Å². The van der Waals surface area contributed by atoms with Crippen LogP contribution in [0.25, 0.3) is 11.5 Å². The molecule has 74 valence electrons. The zero-order valence-corrected chi connectivity index (χ0v) is 8.71. The van der Waals surface area contributed by atoms with Crippen LogP contribution in [-0.2, 0) is 0 Å². The topological polar surface area (TPSA) is 39.2 Å². The standard InChI is InChI=1S/C10H10ClNO2/c1-6-3-4-13-9(6)8-5-12-10(14-8)7(2)11/h3-5,7H,1-2H3. The summed E-state index contributed by atoms with van der Waals surface area (Å²) >= 11 is 5.83.